The molecule has 0 radical (unpaired) electrons. The van der Waals surface area contributed by atoms with E-state index in [0.717, 1.165) is 0 Å². The summed E-state index contributed by atoms with van der Waals surface area (Å²) in [4.78, 5) is 3.88. The lowest BCUT2D eigenvalue weighted by Gasteiger charge is -2.09. The molecule has 0 fully saturated rings. The van der Waals surface area contributed by atoms with Gasteiger partial charge in [0.05, 0.1) is 11.3 Å². The van der Waals surface area contributed by atoms with Crippen LogP contribution < -0.4 is 11.5 Å². The maximum absolute atomic E-state index is 12.4. The van der Waals surface area contributed by atoms with Gasteiger partial charge >= 0.3 is 0 Å². The number of anilines is 1. The van der Waals surface area contributed by atoms with Gasteiger partial charge in [0.25, 0.3) is 6.43 Å². The second kappa shape index (κ2) is 4.14. The lowest BCUT2D eigenvalue weighted by Crippen LogP contribution is -2.09. The summed E-state index contributed by atoms with van der Waals surface area (Å²) in [5.41, 5.74) is 10.7. The van der Waals surface area contributed by atoms with Gasteiger partial charge in [-0.15, -0.1) is 0 Å². The van der Waals surface area contributed by atoms with Gasteiger partial charge in [0.15, 0.2) is 0 Å². The van der Waals surface area contributed by atoms with Crippen LogP contribution in [0.1, 0.15) is 17.7 Å². The van der Waals surface area contributed by atoms with E-state index in [1.165, 1.54) is 6.07 Å². The number of alkyl halides is 2. The molecule has 0 aromatic carbocycles. The summed E-state index contributed by atoms with van der Waals surface area (Å²) in [6, 6.07) is 1.40. The zero-order chi connectivity index (χ0) is 10.0. The first kappa shape index (κ1) is 10.6. The number of nitrogens with zero attached hydrogens (tertiary/aromatic N) is 1. The minimum atomic E-state index is -2.62. The predicted molar refractivity (Wildman–Crippen MR) is 54.2 cm³/mol. The molecule has 0 bridgehead atoms. The molecule has 0 saturated heterocycles. The Labute approximate surface area is 87.7 Å². The van der Waals surface area contributed by atoms with Crippen LogP contribution in [0.3, 0.4) is 0 Å². The van der Waals surface area contributed by atoms with Crippen molar-refractivity contribution in [1.29, 1.82) is 0 Å². The summed E-state index contributed by atoms with van der Waals surface area (Å²) in [6.45, 7) is -0.0271. The summed E-state index contributed by atoms with van der Waals surface area (Å²) in [7, 11) is 0. The molecule has 1 heterocycles. The van der Waals surface area contributed by atoms with Crippen molar-refractivity contribution >= 4 is 28.3 Å². The fourth-order valence-electron chi connectivity index (χ4n) is 1.00. The second-order valence-corrected chi connectivity index (χ2v) is 3.50. The number of halogens is 3. The van der Waals surface area contributed by atoms with E-state index in [1.807, 2.05) is 22.6 Å². The van der Waals surface area contributed by atoms with Gasteiger partial charge in [0, 0.05) is 12.2 Å². The lowest BCUT2D eigenvalue weighted by molar-refractivity contribution is 0.150. The van der Waals surface area contributed by atoms with E-state index in [2.05, 4.69) is 4.98 Å². The summed E-state index contributed by atoms with van der Waals surface area (Å²) in [6.07, 6.45) is -2.62. The number of nitrogen functional groups attached to an aromatic ring is 1. The molecule has 3 nitrogen and oxygen atoms in total. The molecular formula is C7H8F2IN3. The highest BCUT2D eigenvalue weighted by Crippen LogP contribution is 2.28. The smallest absolute Gasteiger partial charge is 0.267 e. The number of aromatic nitrogens is 1. The van der Waals surface area contributed by atoms with Crippen molar-refractivity contribution in [2.45, 2.75) is 13.0 Å². The molecule has 1 aromatic heterocycles. The van der Waals surface area contributed by atoms with E-state index in [-0.39, 0.29) is 23.5 Å². The van der Waals surface area contributed by atoms with Gasteiger partial charge in [-0.1, -0.05) is 0 Å². The Morgan fingerprint density at radius 1 is 1.54 bits per heavy atom. The van der Waals surface area contributed by atoms with Crippen molar-refractivity contribution in [1.82, 2.24) is 4.98 Å². The van der Waals surface area contributed by atoms with Crippen LogP contribution >= 0.6 is 22.6 Å². The van der Waals surface area contributed by atoms with Crippen molar-refractivity contribution < 1.29 is 8.78 Å². The molecule has 0 saturated carbocycles. The second-order valence-electron chi connectivity index (χ2n) is 2.40. The topological polar surface area (TPSA) is 64.9 Å². The van der Waals surface area contributed by atoms with E-state index >= 15 is 0 Å². The van der Waals surface area contributed by atoms with E-state index < -0.39 is 6.43 Å². The molecular weight excluding hydrogens is 291 g/mol. The third-order valence-corrected chi connectivity index (χ3v) is 2.10. The van der Waals surface area contributed by atoms with Gasteiger partial charge in [0.1, 0.15) is 3.70 Å². The largest absolute Gasteiger partial charge is 0.398 e. The van der Waals surface area contributed by atoms with Gasteiger partial charge in [-0.05, 0) is 28.7 Å². The normalized spacial score (nSPS) is 10.8. The van der Waals surface area contributed by atoms with Gasteiger partial charge in [-0.2, -0.15) is 0 Å². The number of nitrogens with two attached hydrogens (primary N) is 2. The fourth-order valence-corrected chi connectivity index (χ4v) is 1.63. The monoisotopic (exact) mass is 299 g/mol. The highest BCUT2D eigenvalue weighted by Gasteiger charge is 2.17. The van der Waals surface area contributed by atoms with Crippen LogP contribution in [0.25, 0.3) is 0 Å². The molecule has 0 spiro atoms. The van der Waals surface area contributed by atoms with E-state index in [9.17, 15) is 8.78 Å². The first-order valence-corrected chi connectivity index (χ1v) is 4.57. The molecule has 0 aliphatic rings. The summed E-state index contributed by atoms with van der Waals surface area (Å²) < 4.78 is 25.4. The van der Waals surface area contributed by atoms with Crippen LogP contribution in [0, 0.1) is 3.70 Å². The highest BCUT2D eigenvalue weighted by molar-refractivity contribution is 14.1. The minimum absolute atomic E-state index is 0.0271. The third kappa shape index (κ3) is 2.25. The molecule has 0 aliphatic carbocycles. The van der Waals surface area contributed by atoms with Crippen molar-refractivity contribution in [3.05, 3.63) is 21.0 Å². The number of rotatable bonds is 2. The van der Waals surface area contributed by atoms with Gasteiger partial charge in [-0.3, -0.25) is 0 Å². The van der Waals surface area contributed by atoms with Gasteiger partial charge < -0.3 is 11.5 Å². The lowest BCUT2D eigenvalue weighted by atomic mass is 10.1. The van der Waals surface area contributed by atoms with Crippen LogP contribution in [0.5, 0.6) is 0 Å². The SMILES string of the molecule is NCc1nc(I)cc(N)c1C(F)F. The molecule has 0 atom stereocenters. The highest BCUT2D eigenvalue weighted by atomic mass is 127. The molecule has 13 heavy (non-hydrogen) atoms. The molecule has 0 unspecified atom stereocenters. The third-order valence-electron chi connectivity index (χ3n) is 1.55. The molecule has 0 amide bonds. The maximum atomic E-state index is 12.4. The Bertz CT molecular complexity index is 317. The molecule has 1 aromatic rings. The molecule has 6 heteroatoms. The minimum Gasteiger partial charge on any atom is -0.398 e. The standard InChI is InChI=1S/C7H8F2IN3/c8-7(9)6-3(12)1-5(10)13-4(6)2-11/h1,7H,2,11H2,(H2,12,13). The molecule has 4 N–H and O–H groups in total. The molecule has 72 valence electrons. The fraction of sp³-hybridized carbons (Fsp3) is 0.286. The zero-order valence-corrected chi connectivity index (χ0v) is 8.76. The van der Waals surface area contributed by atoms with Crippen molar-refractivity contribution in [3.63, 3.8) is 0 Å². The number of hydrogen-bond acceptors (Lipinski definition) is 3. The van der Waals surface area contributed by atoms with Crippen molar-refractivity contribution in [3.8, 4) is 0 Å². The Balaban J connectivity index is 3.30. The number of hydrogen-bond donors (Lipinski definition) is 2. The van der Waals surface area contributed by atoms with Crippen molar-refractivity contribution in [2.24, 2.45) is 5.73 Å². The summed E-state index contributed by atoms with van der Waals surface area (Å²) in [5.74, 6) is 0. The molecule has 1 rings (SSSR count). The maximum Gasteiger partial charge on any atom is 0.267 e. The summed E-state index contributed by atoms with van der Waals surface area (Å²) in [5, 5.41) is 0. The Morgan fingerprint density at radius 3 is 2.62 bits per heavy atom. The van der Waals surface area contributed by atoms with Crippen LogP contribution in [0.2, 0.25) is 0 Å². The van der Waals surface area contributed by atoms with Crippen LogP contribution in [0.4, 0.5) is 14.5 Å². The Hall–Kier alpha value is -0.500. The van der Waals surface area contributed by atoms with Crippen LogP contribution in [0.15, 0.2) is 6.07 Å². The van der Waals surface area contributed by atoms with Crippen LogP contribution in [-0.2, 0) is 6.54 Å². The first-order valence-electron chi connectivity index (χ1n) is 3.49. The Morgan fingerprint density at radius 2 is 2.15 bits per heavy atom. The van der Waals surface area contributed by atoms with Crippen molar-refractivity contribution in [2.75, 3.05) is 5.73 Å². The predicted octanol–water partition coefficient (Wildman–Crippen LogP) is 1.66. The zero-order valence-electron chi connectivity index (χ0n) is 6.60. The van der Waals surface area contributed by atoms with Gasteiger partial charge in [-0.25, -0.2) is 13.8 Å². The van der Waals surface area contributed by atoms with E-state index in [0.29, 0.717) is 3.70 Å². The van der Waals surface area contributed by atoms with Gasteiger partial charge in [0.2, 0.25) is 0 Å². The van der Waals surface area contributed by atoms with Crippen LogP contribution in [-0.4, -0.2) is 4.98 Å². The average Bonchev–Trinajstić information content (AvgIpc) is 2.01. The number of pyridine rings is 1. The van der Waals surface area contributed by atoms with E-state index in [4.69, 9.17) is 11.5 Å². The Kier molecular flexibility index (Phi) is 3.37. The quantitative estimate of drug-likeness (QED) is 0.645. The first-order chi connectivity index (χ1) is 6.06. The van der Waals surface area contributed by atoms with E-state index in [1.54, 1.807) is 0 Å². The summed E-state index contributed by atoms with van der Waals surface area (Å²) >= 11 is 1.90. The average molecular weight is 299 g/mol. The molecule has 0 aliphatic heterocycles.